The van der Waals surface area contributed by atoms with Crippen LogP contribution in [0.4, 0.5) is 4.39 Å². The predicted molar refractivity (Wildman–Crippen MR) is 75.9 cm³/mol. The zero-order valence-corrected chi connectivity index (χ0v) is 11.8. The molecule has 1 aliphatic rings. The summed E-state index contributed by atoms with van der Waals surface area (Å²) in [5.74, 6) is -1.07. The van der Waals surface area contributed by atoms with Gasteiger partial charge >= 0.3 is 5.97 Å². The van der Waals surface area contributed by atoms with Crippen molar-refractivity contribution in [3.05, 3.63) is 35.6 Å². The maximum Gasteiger partial charge on any atom is 0.306 e. The molecule has 1 fully saturated rings. The lowest BCUT2D eigenvalue weighted by molar-refractivity contribution is -0.142. The van der Waals surface area contributed by atoms with E-state index in [0.29, 0.717) is 6.04 Å². The van der Waals surface area contributed by atoms with Gasteiger partial charge in [-0.1, -0.05) is 19.1 Å². The molecule has 0 radical (unpaired) electrons. The molecule has 0 spiro atoms. The van der Waals surface area contributed by atoms with Gasteiger partial charge in [0, 0.05) is 12.1 Å². The van der Waals surface area contributed by atoms with E-state index in [1.165, 1.54) is 12.1 Å². The highest BCUT2D eigenvalue weighted by molar-refractivity contribution is 5.70. The van der Waals surface area contributed by atoms with Crippen LogP contribution in [-0.4, -0.2) is 17.1 Å². The van der Waals surface area contributed by atoms with Crippen molar-refractivity contribution in [2.75, 3.05) is 0 Å². The van der Waals surface area contributed by atoms with E-state index in [9.17, 15) is 9.18 Å². The fraction of sp³-hybridized carbons (Fsp3) is 0.562. The third kappa shape index (κ3) is 3.79. The van der Waals surface area contributed by atoms with Gasteiger partial charge in [0.1, 0.15) is 5.82 Å². The van der Waals surface area contributed by atoms with Crippen LogP contribution in [0.25, 0.3) is 0 Å². The lowest BCUT2D eigenvalue weighted by Crippen LogP contribution is -2.37. The molecule has 4 heteroatoms. The molecule has 3 nitrogen and oxygen atoms in total. The fourth-order valence-corrected chi connectivity index (χ4v) is 2.94. The van der Waals surface area contributed by atoms with Gasteiger partial charge in [-0.25, -0.2) is 4.39 Å². The average molecular weight is 279 g/mol. The molecule has 0 heterocycles. The first-order valence-corrected chi connectivity index (χ1v) is 7.34. The predicted octanol–water partition coefficient (Wildman–Crippen LogP) is 3.51. The van der Waals surface area contributed by atoms with Gasteiger partial charge < -0.3 is 10.4 Å². The Morgan fingerprint density at radius 1 is 1.30 bits per heavy atom. The van der Waals surface area contributed by atoms with E-state index in [0.717, 1.165) is 37.7 Å². The van der Waals surface area contributed by atoms with E-state index < -0.39 is 5.97 Å². The van der Waals surface area contributed by atoms with Gasteiger partial charge in [0.25, 0.3) is 0 Å². The van der Waals surface area contributed by atoms with E-state index in [4.69, 9.17) is 5.11 Å². The SMILES string of the molecule is CCC(NC1CCC(C(=O)O)CC1)c1ccc(F)cc1. The molecule has 0 aromatic heterocycles. The lowest BCUT2D eigenvalue weighted by atomic mass is 9.85. The topological polar surface area (TPSA) is 49.3 Å². The van der Waals surface area contributed by atoms with Crippen molar-refractivity contribution in [2.45, 2.75) is 51.1 Å². The molecule has 1 unspecified atom stereocenters. The van der Waals surface area contributed by atoms with E-state index in [1.54, 1.807) is 0 Å². The molecule has 1 aliphatic carbocycles. The number of carbonyl (C=O) groups is 1. The van der Waals surface area contributed by atoms with Gasteiger partial charge in [0.15, 0.2) is 0 Å². The highest BCUT2D eigenvalue weighted by atomic mass is 19.1. The van der Waals surface area contributed by atoms with Crippen LogP contribution in [-0.2, 0) is 4.79 Å². The van der Waals surface area contributed by atoms with Gasteiger partial charge in [-0.3, -0.25) is 4.79 Å². The second-order valence-electron chi connectivity index (χ2n) is 5.57. The fourth-order valence-electron chi connectivity index (χ4n) is 2.94. The van der Waals surface area contributed by atoms with Crippen molar-refractivity contribution < 1.29 is 14.3 Å². The molecule has 20 heavy (non-hydrogen) atoms. The van der Waals surface area contributed by atoms with Crippen LogP contribution in [0.15, 0.2) is 24.3 Å². The minimum atomic E-state index is -0.672. The minimum Gasteiger partial charge on any atom is -0.481 e. The lowest BCUT2D eigenvalue weighted by Gasteiger charge is -2.30. The summed E-state index contributed by atoms with van der Waals surface area (Å²) in [6.45, 7) is 2.10. The zero-order chi connectivity index (χ0) is 14.5. The zero-order valence-electron chi connectivity index (χ0n) is 11.8. The molecule has 1 saturated carbocycles. The number of hydrogen-bond acceptors (Lipinski definition) is 2. The molecule has 0 bridgehead atoms. The molecule has 1 atom stereocenters. The van der Waals surface area contributed by atoms with Crippen LogP contribution in [0.1, 0.15) is 50.6 Å². The molecule has 2 rings (SSSR count). The number of hydrogen-bond donors (Lipinski definition) is 2. The summed E-state index contributed by atoms with van der Waals surface area (Å²) >= 11 is 0. The molecular weight excluding hydrogens is 257 g/mol. The van der Waals surface area contributed by atoms with Gasteiger partial charge in [0.05, 0.1) is 5.92 Å². The van der Waals surface area contributed by atoms with Crippen LogP contribution in [0.2, 0.25) is 0 Å². The normalized spacial score (nSPS) is 24.3. The van der Waals surface area contributed by atoms with Crippen molar-refractivity contribution >= 4 is 5.97 Å². The molecule has 0 aliphatic heterocycles. The van der Waals surface area contributed by atoms with Crippen molar-refractivity contribution in [1.82, 2.24) is 5.32 Å². The van der Waals surface area contributed by atoms with Crippen LogP contribution in [0.3, 0.4) is 0 Å². The highest BCUT2D eigenvalue weighted by Crippen LogP contribution is 2.27. The number of rotatable bonds is 5. The van der Waals surface area contributed by atoms with Crippen molar-refractivity contribution in [2.24, 2.45) is 5.92 Å². The van der Waals surface area contributed by atoms with Gasteiger partial charge in [-0.2, -0.15) is 0 Å². The molecule has 1 aromatic rings. The quantitative estimate of drug-likeness (QED) is 0.867. The Hall–Kier alpha value is -1.42. The number of carboxylic acid groups (broad SMARTS) is 1. The van der Waals surface area contributed by atoms with Crippen molar-refractivity contribution in [3.8, 4) is 0 Å². The summed E-state index contributed by atoms with van der Waals surface area (Å²) in [6, 6.07) is 7.18. The summed E-state index contributed by atoms with van der Waals surface area (Å²) in [4.78, 5) is 10.9. The molecule has 0 saturated heterocycles. The number of nitrogens with one attached hydrogen (secondary N) is 1. The molecule has 0 amide bonds. The Kier molecular flexibility index (Phi) is 5.12. The maximum absolute atomic E-state index is 13.0. The van der Waals surface area contributed by atoms with Crippen LogP contribution < -0.4 is 5.32 Å². The van der Waals surface area contributed by atoms with Crippen LogP contribution in [0, 0.1) is 11.7 Å². The Morgan fingerprint density at radius 2 is 1.90 bits per heavy atom. The summed E-state index contributed by atoms with van der Waals surface area (Å²) in [7, 11) is 0. The Bertz CT molecular complexity index is 438. The first kappa shape index (κ1) is 15.0. The second kappa shape index (κ2) is 6.84. The van der Waals surface area contributed by atoms with E-state index in [1.807, 2.05) is 12.1 Å². The first-order chi connectivity index (χ1) is 9.60. The van der Waals surface area contributed by atoms with E-state index in [-0.39, 0.29) is 17.8 Å². The van der Waals surface area contributed by atoms with Crippen molar-refractivity contribution in [1.29, 1.82) is 0 Å². The molecule has 110 valence electrons. The maximum atomic E-state index is 13.0. The monoisotopic (exact) mass is 279 g/mol. The third-order valence-electron chi connectivity index (χ3n) is 4.19. The Balaban J connectivity index is 1.91. The van der Waals surface area contributed by atoms with Gasteiger partial charge in [0.2, 0.25) is 0 Å². The number of halogens is 1. The summed E-state index contributed by atoms with van der Waals surface area (Å²) in [6.07, 6.45) is 4.22. The highest BCUT2D eigenvalue weighted by Gasteiger charge is 2.27. The molecule has 2 N–H and O–H groups in total. The average Bonchev–Trinajstić information content (AvgIpc) is 2.46. The Labute approximate surface area is 119 Å². The van der Waals surface area contributed by atoms with Crippen molar-refractivity contribution in [3.63, 3.8) is 0 Å². The number of aliphatic carboxylic acids is 1. The summed E-state index contributed by atoms with van der Waals surface area (Å²) < 4.78 is 13.0. The largest absolute Gasteiger partial charge is 0.481 e. The van der Waals surface area contributed by atoms with E-state index >= 15 is 0 Å². The minimum absolute atomic E-state index is 0.182. The molecular formula is C16H22FNO2. The number of carboxylic acids is 1. The van der Waals surface area contributed by atoms with Crippen LogP contribution in [0.5, 0.6) is 0 Å². The summed E-state index contributed by atoms with van der Waals surface area (Å²) in [5.41, 5.74) is 1.09. The van der Waals surface area contributed by atoms with Gasteiger partial charge in [-0.15, -0.1) is 0 Å². The third-order valence-corrected chi connectivity index (χ3v) is 4.19. The first-order valence-electron chi connectivity index (χ1n) is 7.34. The smallest absolute Gasteiger partial charge is 0.306 e. The van der Waals surface area contributed by atoms with E-state index in [2.05, 4.69) is 12.2 Å². The standard InChI is InChI=1S/C16H22FNO2/c1-2-15(11-3-7-13(17)8-4-11)18-14-9-5-12(6-10-14)16(19)20/h3-4,7-8,12,14-15,18H,2,5-6,9-10H2,1H3,(H,19,20). The Morgan fingerprint density at radius 3 is 2.40 bits per heavy atom. The second-order valence-corrected chi connectivity index (χ2v) is 5.57. The number of benzene rings is 1. The van der Waals surface area contributed by atoms with Crippen LogP contribution >= 0.6 is 0 Å². The van der Waals surface area contributed by atoms with Gasteiger partial charge in [-0.05, 0) is 49.8 Å². The molecule has 1 aromatic carbocycles. The summed E-state index contributed by atoms with van der Waals surface area (Å²) in [5, 5.41) is 12.6.